The predicted octanol–water partition coefficient (Wildman–Crippen LogP) is 4.56. The lowest BCUT2D eigenvalue weighted by atomic mass is 9.94. The summed E-state index contributed by atoms with van der Waals surface area (Å²) in [5, 5.41) is 17.5. The molecule has 22 aliphatic rings. The maximum atomic E-state index is 7.21. The molecule has 35 nitrogen and oxygen atoms in total. The van der Waals surface area contributed by atoms with E-state index in [1.54, 1.807) is 72.8 Å². The van der Waals surface area contributed by atoms with Gasteiger partial charge in [0.15, 0.2) is 37.7 Å². The zero-order valence-corrected chi connectivity index (χ0v) is 63.1. The van der Waals surface area contributed by atoms with E-state index in [9.17, 15) is 0 Å². The molecule has 0 radical (unpaired) electrons. The molecule has 22 heterocycles. The summed E-state index contributed by atoms with van der Waals surface area (Å²) in [5.41, 5.74) is 8.88. The van der Waals surface area contributed by atoms with Crippen LogP contribution in [0, 0.1) is 0 Å². The second kappa shape index (κ2) is 41.0. The first-order valence-electron chi connectivity index (χ1n) is 34.9. The number of nitrogen functional groups attached to an aromatic ring is 1. The third kappa shape index (κ3) is 19.2. The van der Waals surface area contributed by atoms with Crippen molar-refractivity contribution in [1.82, 2.24) is 0 Å². The minimum absolute atomic E-state index is 0.0270. The maximum Gasteiger partial charge on any atom is 0.187 e. The number of hydrogen-bond donors (Lipinski definition) is 1. The molecule has 0 amide bonds. The summed E-state index contributed by atoms with van der Waals surface area (Å²) in [5.74, 6) is 0.431. The second-order valence-electron chi connectivity index (χ2n) is 25.9. The normalized spacial score (nSPS) is 39.0. The number of nitrogens with two attached hydrogens (primary N) is 1. The van der Waals surface area contributed by atoms with Crippen LogP contribution in [0.3, 0.4) is 0 Å². The lowest BCUT2D eigenvalue weighted by molar-refractivity contribution is -0.409. The standard InChI is InChI=1S/C71H107N5O30/c1-77-30-42-48-54(82-6)60(88-12)66(95-42)102-49-43(31-78-2)97-68(62(90-14)55(49)83-7)104-51-45(33-80-4)99-70(64(92-16)57(51)85-9)106-53-47(35-94-41-28-26-40(27-29-41)76-75-39-24-22-38(23-25-39)74-73-37-20-18-36(72)19-21-37)100-71(65(93-17)59(53)87-11)105-52-46(34-81-5)98-69(63(91-15)58(52)86-10)103-50-44(32-79-3)96-67(101-48)61(89-13)56(50)84-8/h18-29,42-71H,30-35,72H2,1-17H3. The highest BCUT2D eigenvalue weighted by Crippen LogP contribution is 2.43. The van der Waals surface area contributed by atoms with E-state index in [0.29, 0.717) is 34.2 Å². The maximum absolute atomic E-state index is 7.21. The molecular weight excluding hydrogens is 1400 g/mol. The summed E-state index contributed by atoms with van der Waals surface area (Å²) in [4.78, 5) is 0. The fourth-order valence-corrected chi connectivity index (χ4v) is 14.7. The highest BCUT2D eigenvalue weighted by atomic mass is 16.8. The van der Waals surface area contributed by atoms with Crippen LogP contribution in [0.25, 0.3) is 0 Å². The van der Waals surface area contributed by atoms with Gasteiger partial charge in [-0.15, -0.1) is 0 Å². The molecule has 30 atom stereocenters. The number of hydrogen-bond acceptors (Lipinski definition) is 35. The van der Waals surface area contributed by atoms with E-state index in [2.05, 4.69) is 20.5 Å². The molecule has 22 saturated heterocycles. The first-order valence-corrected chi connectivity index (χ1v) is 34.9. The quantitative estimate of drug-likeness (QED) is 0.0735. The van der Waals surface area contributed by atoms with Crippen LogP contribution in [0.1, 0.15) is 0 Å². The van der Waals surface area contributed by atoms with Gasteiger partial charge in [0.2, 0.25) is 0 Å². The lowest BCUT2D eigenvalue weighted by Gasteiger charge is -2.53. The average Bonchev–Trinajstić information content (AvgIpc) is 0.763. The van der Waals surface area contributed by atoms with Crippen molar-refractivity contribution in [2.45, 2.75) is 184 Å². The molecule has 596 valence electrons. The van der Waals surface area contributed by atoms with Gasteiger partial charge in [0, 0.05) is 127 Å². The molecule has 106 heavy (non-hydrogen) atoms. The van der Waals surface area contributed by atoms with E-state index in [0.717, 1.165) is 0 Å². The highest BCUT2D eigenvalue weighted by Gasteiger charge is 2.61. The van der Waals surface area contributed by atoms with Crippen molar-refractivity contribution in [2.75, 3.05) is 166 Å². The molecule has 0 aliphatic carbocycles. The Balaban J connectivity index is 1.02. The minimum Gasteiger partial charge on any atom is -0.491 e. The minimum atomic E-state index is -1.30. The van der Waals surface area contributed by atoms with Gasteiger partial charge in [-0.05, 0) is 72.8 Å². The van der Waals surface area contributed by atoms with E-state index in [4.69, 9.17) is 148 Å². The molecule has 0 spiro atoms. The third-order valence-electron chi connectivity index (χ3n) is 19.8. The molecule has 0 saturated carbocycles. The van der Waals surface area contributed by atoms with Gasteiger partial charge in [-0.25, -0.2) is 0 Å². The third-order valence-corrected chi connectivity index (χ3v) is 19.8. The van der Waals surface area contributed by atoms with Crippen LogP contribution in [0.15, 0.2) is 93.3 Å². The van der Waals surface area contributed by atoms with E-state index in [-0.39, 0.29) is 39.6 Å². The lowest BCUT2D eigenvalue weighted by Crippen LogP contribution is -2.70. The predicted molar refractivity (Wildman–Crippen MR) is 368 cm³/mol. The van der Waals surface area contributed by atoms with Crippen molar-refractivity contribution in [3.8, 4) is 5.75 Å². The van der Waals surface area contributed by atoms with Crippen molar-refractivity contribution >= 4 is 28.4 Å². The molecule has 30 unspecified atom stereocenters. The number of methoxy groups -OCH3 is 17. The largest absolute Gasteiger partial charge is 0.491 e. The number of rotatable bonds is 29. The topological polar surface area (TPSA) is 352 Å². The number of azo groups is 2. The Morgan fingerprint density at radius 2 is 0.415 bits per heavy atom. The van der Waals surface area contributed by atoms with Crippen molar-refractivity contribution in [2.24, 2.45) is 20.5 Å². The van der Waals surface area contributed by atoms with Crippen molar-refractivity contribution in [3.05, 3.63) is 72.8 Å². The second-order valence-corrected chi connectivity index (χ2v) is 25.9. The zero-order valence-electron chi connectivity index (χ0n) is 63.1. The van der Waals surface area contributed by atoms with Gasteiger partial charge in [0.1, 0.15) is 159 Å². The summed E-state index contributed by atoms with van der Waals surface area (Å²) in [6.07, 6.45) is -31.5. The summed E-state index contributed by atoms with van der Waals surface area (Å²) >= 11 is 0. The fourth-order valence-electron chi connectivity index (χ4n) is 14.7. The smallest absolute Gasteiger partial charge is 0.187 e. The SMILES string of the molecule is COCC1OC2OC3C(COC)OC(OC4C(COC)OC(OC5C(COc6ccc(N=Nc7ccc(N=Nc8ccc(N)cc8)cc7)cc6)OC(OC6C(COC)OC(OC7C(COC)OC(OC1C(OC)C2OC)C(OC)C7OC)C(OC)C6OC)C(OC)C5OC)C(OC)C4OC)C(OC)C3OC. The van der Waals surface area contributed by atoms with Crippen LogP contribution in [-0.4, -0.2) is 345 Å². The van der Waals surface area contributed by atoms with E-state index in [1.807, 2.05) is 0 Å². The van der Waals surface area contributed by atoms with Crippen LogP contribution in [0.5, 0.6) is 5.75 Å². The zero-order chi connectivity index (χ0) is 75.6. The first kappa shape index (κ1) is 83.8. The van der Waals surface area contributed by atoms with E-state index < -0.39 is 184 Å². The summed E-state index contributed by atoms with van der Waals surface area (Å²) in [7, 11) is 25.7. The number of ether oxygens (including phenoxy) is 30. The van der Waals surface area contributed by atoms with Crippen LogP contribution in [-0.2, 0) is 137 Å². The number of benzene rings is 3. The fraction of sp³-hybridized carbons (Fsp3) is 0.746. The van der Waals surface area contributed by atoms with Crippen molar-refractivity contribution in [1.29, 1.82) is 0 Å². The monoisotopic (exact) mass is 1510 g/mol. The Kier molecular flexibility index (Phi) is 32.4. The Morgan fingerprint density at radius 3 is 0.604 bits per heavy atom. The highest BCUT2D eigenvalue weighted by molar-refractivity contribution is 5.50. The van der Waals surface area contributed by atoms with Crippen LogP contribution in [0.2, 0.25) is 0 Å². The number of anilines is 1. The summed E-state index contributed by atoms with van der Waals surface area (Å²) in [6.45, 7) is -0.402. The molecule has 22 fully saturated rings. The summed E-state index contributed by atoms with van der Waals surface area (Å²) < 4.78 is 196. The van der Waals surface area contributed by atoms with Crippen LogP contribution in [0.4, 0.5) is 28.4 Å². The van der Waals surface area contributed by atoms with E-state index >= 15 is 0 Å². The van der Waals surface area contributed by atoms with Gasteiger partial charge in [-0.2, -0.15) is 20.5 Å². The summed E-state index contributed by atoms with van der Waals surface area (Å²) in [6, 6.07) is 21.3. The average molecular weight is 1510 g/mol. The molecule has 3 aromatic rings. The van der Waals surface area contributed by atoms with Gasteiger partial charge in [-0.1, -0.05) is 0 Å². The molecule has 2 N–H and O–H groups in total. The Morgan fingerprint density at radius 1 is 0.236 bits per heavy atom. The van der Waals surface area contributed by atoms with Crippen LogP contribution < -0.4 is 10.5 Å². The van der Waals surface area contributed by atoms with Gasteiger partial charge in [0.25, 0.3) is 0 Å². The van der Waals surface area contributed by atoms with Crippen molar-refractivity contribution in [3.63, 3.8) is 0 Å². The molecular formula is C71H107N5O30. The van der Waals surface area contributed by atoms with E-state index in [1.165, 1.54) is 121 Å². The molecule has 12 bridgehead atoms. The number of nitrogens with zero attached hydrogens (tertiary/aromatic N) is 4. The van der Waals surface area contributed by atoms with Gasteiger partial charge in [0.05, 0.1) is 55.8 Å². The molecule has 0 aromatic heterocycles. The molecule has 22 aliphatic heterocycles. The van der Waals surface area contributed by atoms with Gasteiger partial charge in [-0.3, -0.25) is 0 Å². The molecule has 3 aromatic carbocycles. The Bertz CT molecular complexity index is 3080. The Hall–Kier alpha value is -4.70. The molecule has 35 heteroatoms. The first-order chi connectivity index (χ1) is 51.7. The van der Waals surface area contributed by atoms with Crippen molar-refractivity contribution < 1.29 is 142 Å². The van der Waals surface area contributed by atoms with Gasteiger partial charge >= 0.3 is 0 Å². The van der Waals surface area contributed by atoms with Crippen LogP contribution >= 0.6 is 0 Å². The van der Waals surface area contributed by atoms with Gasteiger partial charge < -0.3 is 148 Å². The Labute approximate surface area is 617 Å². The molecule has 25 rings (SSSR count).